The summed E-state index contributed by atoms with van der Waals surface area (Å²) in [5, 5.41) is 8.71. The van der Waals surface area contributed by atoms with Crippen LogP contribution in [0.2, 0.25) is 0 Å². The van der Waals surface area contributed by atoms with Crippen molar-refractivity contribution in [2.24, 2.45) is 5.73 Å². The van der Waals surface area contributed by atoms with Gasteiger partial charge in [0, 0.05) is 19.3 Å². The van der Waals surface area contributed by atoms with Crippen LogP contribution in [0, 0.1) is 0 Å². The Morgan fingerprint density at radius 2 is 2.08 bits per heavy atom. The number of hydrogen-bond acceptors (Lipinski definition) is 6. The standard InChI is InChI=1S/C17H22N6O2/c1-3-13-16(19-2)23-17(14(22-13)15(18)25)21-12-6-4-5-11(9-12)7-8-20-10-24/h4-6,9-10H,3,7-8H2,1-2H3,(H2,18,25)(H,20,24)(H2,19,21,23). The van der Waals surface area contributed by atoms with Gasteiger partial charge in [-0.25, -0.2) is 9.97 Å². The Balaban J connectivity index is 2.31. The van der Waals surface area contributed by atoms with Crippen LogP contribution < -0.4 is 21.7 Å². The number of primary amides is 1. The van der Waals surface area contributed by atoms with E-state index in [1.165, 1.54) is 0 Å². The van der Waals surface area contributed by atoms with Gasteiger partial charge in [-0.15, -0.1) is 0 Å². The highest BCUT2D eigenvalue weighted by Crippen LogP contribution is 2.22. The van der Waals surface area contributed by atoms with Gasteiger partial charge in [0.1, 0.15) is 5.82 Å². The predicted molar refractivity (Wildman–Crippen MR) is 97.0 cm³/mol. The minimum atomic E-state index is -0.640. The third-order valence-corrected chi connectivity index (χ3v) is 3.60. The highest BCUT2D eigenvalue weighted by Gasteiger charge is 2.16. The van der Waals surface area contributed by atoms with Gasteiger partial charge in [-0.3, -0.25) is 9.59 Å². The van der Waals surface area contributed by atoms with Crippen molar-refractivity contribution in [3.63, 3.8) is 0 Å². The number of aryl methyl sites for hydroxylation is 1. The van der Waals surface area contributed by atoms with E-state index in [9.17, 15) is 9.59 Å². The van der Waals surface area contributed by atoms with E-state index in [1.807, 2.05) is 31.2 Å². The molecule has 1 heterocycles. The first kappa shape index (κ1) is 18.2. The Kier molecular flexibility index (Phi) is 6.27. The molecule has 132 valence electrons. The van der Waals surface area contributed by atoms with Gasteiger partial charge in [0.15, 0.2) is 11.5 Å². The first-order chi connectivity index (χ1) is 12.1. The van der Waals surface area contributed by atoms with Crippen molar-refractivity contribution in [1.29, 1.82) is 0 Å². The fourth-order valence-corrected chi connectivity index (χ4v) is 2.39. The van der Waals surface area contributed by atoms with Crippen LogP contribution in [0.4, 0.5) is 17.3 Å². The van der Waals surface area contributed by atoms with Crippen molar-refractivity contribution in [2.45, 2.75) is 19.8 Å². The number of nitrogens with two attached hydrogens (primary N) is 1. The van der Waals surface area contributed by atoms with Gasteiger partial charge >= 0.3 is 0 Å². The second-order valence-electron chi connectivity index (χ2n) is 5.33. The van der Waals surface area contributed by atoms with Crippen LogP contribution in [-0.2, 0) is 17.6 Å². The Hall–Kier alpha value is -3.16. The van der Waals surface area contributed by atoms with Gasteiger partial charge < -0.3 is 21.7 Å². The number of carbonyl (C=O) groups excluding carboxylic acids is 2. The lowest BCUT2D eigenvalue weighted by atomic mass is 10.1. The van der Waals surface area contributed by atoms with E-state index in [4.69, 9.17) is 5.73 Å². The lowest BCUT2D eigenvalue weighted by Crippen LogP contribution is -2.19. The molecule has 2 aromatic rings. The number of rotatable bonds is 9. The highest BCUT2D eigenvalue weighted by molar-refractivity contribution is 5.96. The minimum Gasteiger partial charge on any atom is -0.372 e. The molecular formula is C17H22N6O2. The minimum absolute atomic E-state index is 0.101. The van der Waals surface area contributed by atoms with Crippen LogP contribution in [0.5, 0.6) is 0 Å². The molecule has 1 aromatic carbocycles. The fourth-order valence-electron chi connectivity index (χ4n) is 2.39. The van der Waals surface area contributed by atoms with E-state index in [2.05, 4.69) is 25.9 Å². The molecule has 0 spiro atoms. The number of aromatic nitrogens is 2. The summed E-state index contributed by atoms with van der Waals surface area (Å²) in [4.78, 5) is 30.8. The maximum Gasteiger partial charge on any atom is 0.271 e. The number of nitrogens with zero attached hydrogens (tertiary/aromatic N) is 2. The van der Waals surface area contributed by atoms with Gasteiger partial charge in [0.25, 0.3) is 5.91 Å². The first-order valence-corrected chi connectivity index (χ1v) is 8.00. The van der Waals surface area contributed by atoms with Crippen LogP contribution in [0.1, 0.15) is 28.7 Å². The molecule has 0 radical (unpaired) electrons. The molecule has 5 N–H and O–H groups in total. The fraction of sp³-hybridized carbons (Fsp3) is 0.294. The summed E-state index contributed by atoms with van der Waals surface area (Å²) >= 11 is 0. The molecule has 0 unspecified atom stereocenters. The summed E-state index contributed by atoms with van der Waals surface area (Å²) in [5.74, 6) is 0.261. The van der Waals surface area contributed by atoms with Crippen molar-refractivity contribution in [3.8, 4) is 0 Å². The molecule has 0 saturated heterocycles. The lowest BCUT2D eigenvalue weighted by Gasteiger charge is -2.14. The number of anilines is 3. The summed E-state index contributed by atoms with van der Waals surface area (Å²) in [6.07, 6.45) is 1.99. The third-order valence-electron chi connectivity index (χ3n) is 3.60. The molecule has 2 rings (SSSR count). The quantitative estimate of drug-likeness (QED) is 0.401. The molecule has 0 aliphatic heterocycles. The summed E-state index contributed by atoms with van der Waals surface area (Å²) in [6.45, 7) is 2.48. The second-order valence-corrected chi connectivity index (χ2v) is 5.33. The molecule has 2 amide bonds. The van der Waals surface area contributed by atoms with Gasteiger partial charge in [-0.1, -0.05) is 19.1 Å². The average Bonchev–Trinajstić information content (AvgIpc) is 2.61. The topological polar surface area (TPSA) is 122 Å². The molecule has 0 atom stereocenters. The first-order valence-electron chi connectivity index (χ1n) is 8.00. The van der Waals surface area contributed by atoms with Crippen LogP contribution in [0.3, 0.4) is 0 Å². The Morgan fingerprint density at radius 1 is 1.28 bits per heavy atom. The smallest absolute Gasteiger partial charge is 0.271 e. The zero-order valence-electron chi connectivity index (χ0n) is 14.3. The van der Waals surface area contributed by atoms with Crippen LogP contribution in [0.15, 0.2) is 24.3 Å². The summed E-state index contributed by atoms with van der Waals surface area (Å²) in [5.41, 5.74) is 8.02. The largest absolute Gasteiger partial charge is 0.372 e. The van der Waals surface area contributed by atoms with E-state index < -0.39 is 5.91 Å². The molecule has 0 saturated carbocycles. The lowest BCUT2D eigenvalue weighted by molar-refractivity contribution is -0.109. The van der Waals surface area contributed by atoms with Gasteiger partial charge in [-0.2, -0.15) is 0 Å². The third kappa shape index (κ3) is 4.66. The zero-order valence-corrected chi connectivity index (χ0v) is 14.3. The van der Waals surface area contributed by atoms with Gasteiger partial charge in [0.2, 0.25) is 6.41 Å². The van der Waals surface area contributed by atoms with Crippen molar-refractivity contribution in [3.05, 3.63) is 41.2 Å². The molecular weight excluding hydrogens is 320 g/mol. The van der Waals surface area contributed by atoms with Gasteiger partial charge in [-0.05, 0) is 30.5 Å². The summed E-state index contributed by atoms with van der Waals surface area (Å²) in [6, 6.07) is 7.62. The Bertz CT molecular complexity index is 763. The highest BCUT2D eigenvalue weighted by atomic mass is 16.1. The molecule has 8 nitrogen and oxygen atoms in total. The maximum atomic E-state index is 11.7. The normalized spacial score (nSPS) is 10.2. The molecule has 8 heteroatoms. The zero-order chi connectivity index (χ0) is 18.2. The predicted octanol–water partition coefficient (Wildman–Crippen LogP) is 1.21. The Morgan fingerprint density at radius 3 is 2.72 bits per heavy atom. The summed E-state index contributed by atoms with van der Waals surface area (Å²) in [7, 11) is 1.75. The van der Waals surface area contributed by atoms with Crippen molar-refractivity contribution in [2.75, 3.05) is 24.2 Å². The van der Waals surface area contributed by atoms with E-state index >= 15 is 0 Å². The number of benzene rings is 1. The van der Waals surface area contributed by atoms with E-state index in [1.54, 1.807) is 7.05 Å². The average molecular weight is 342 g/mol. The number of carbonyl (C=O) groups is 2. The molecule has 1 aromatic heterocycles. The molecule has 0 fully saturated rings. The monoisotopic (exact) mass is 342 g/mol. The molecule has 25 heavy (non-hydrogen) atoms. The number of nitrogens with one attached hydrogen (secondary N) is 3. The van der Waals surface area contributed by atoms with E-state index in [0.717, 1.165) is 11.3 Å². The van der Waals surface area contributed by atoms with Crippen molar-refractivity contribution in [1.82, 2.24) is 15.3 Å². The van der Waals surface area contributed by atoms with Crippen molar-refractivity contribution >= 4 is 29.6 Å². The van der Waals surface area contributed by atoms with Crippen LogP contribution >= 0.6 is 0 Å². The van der Waals surface area contributed by atoms with Crippen LogP contribution in [0.25, 0.3) is 0 Å². The van der Waals surface area contributed by atoms with Gasteiger partial charge in [0.05, 0.1) is 5.69 Å². The van der Waals surface area contributed by atoms with Crippen molar-refractivity contribution < 1.29 is 9.59 Å². The molecule has 0 aliphatic rings. The number of amides is 2. The van der Waals surface area contributed by atoms with E-state index in [0.29, 0.717) is 43.1 Å². The Labute approximate surface area is 146 Å². The maximum absolute atomic E-state index is 11.7. The number of hydrogen-bond donors (Lipinski definition) is 4. The SMILES string of the molecule is CCc1nc(C(N)=O)c(Nc2cccc(CCNC=O)c2)nc1NC. The van der Waals surface area contributed by atoms with Crippen LogP contribution in [-0.4, -0.2) is 35.9 Å². The molecule has 0 aliphatic carbocycles. The molecule has 0 bridgehead atoms. The second kappa shape index (κ2) is 8.62. The van der Waals surface area contributed by atoms with E-state index in [-0.39, 0.29) is 5.69 Å². The summed E-state index contributed by atoms with van der Waals surface area (Å²) < 4.78 is 0.